The molecule has 0 fully saturated rings. The molecule has 0 aliphatic heterocycles. The monoisotopic (exact) mass is 279 g/mol. The van der Waals surface area contributed by atoms with E-state index in [1.165, 1.54) is 7.11 Å². The smallest absolute Gasteiger partial charge is 0.305 e. The Hall–Kier alpha value is -1.75. The first-order valence-electron chi connectivity index (χ1n) is 6.79. The molecule has 1 aliphatic rings. The molecular weight excluding hydrogens is 258 g/mol. The summed E-state index contributed by atoms with van der Waals surface area (Å²) >= 11 is 0. The number of carbonyl (C=O) groups excluding carboxylic acids is 1. The van der Waals surface area contributed by atoms with E-state index in [2.05, 4.69) is 4.74 Å². The number of ether oxygens (including phenoxy) is 3. The Morgan fingerprint density at radius 3 is 2.55 bits per heavy atom. The summed E-state index contributed by atoms with van der Waals surface area (Å²) in [4.78, 5) is 11.0. The molecule has 0 saturated carbocycles. The fourth-order valence-electron chi connectivity index (χ4n) is 2.52. The van der Waals surface area contributed by atoms with Gasteiger partial charge in [-0.3, -0.25) is 4.79 Å². The Balaban J connectivity index is 1.99. The zero-order chi connectivity index (χ0) is 14.5. The summed E-state index contributed by atoms with van der Waals surface area (Å²) < 4.78 is 15.7. The predicted molar refractivity (Wildman–Crippen MR) is 75.1 cm³/mol. The minimum absolute atomic E-state index is 0.124. The summed E-state index contributed by atoms with van der Waals surface area (Å²) in [6.45, 7) is 0.489. The third-order valence-electron chi connectivity index (χ3n) is 3.51. The highest BCUT2D eigenvalue weighted by molar-refractivity contribution is 5.69. The van der Waals surface area contributed by atoms with Crippen LogP contribution in [0.3, 0.4) is 0 Å². The summed E-state index contributed by atoms with van der Waals surface area (Å²) in [5, 5.41) is 0. The lowest BCUT2D eigenvalue weighted by Gasteiger charge is -2.13. The summed E-state index contributed by atoms with van der Waals surface area (Å²) in [6.07, 6.45) is 2.63. The zero-order valence-corrected chi connectivity index (χ0v) is 12.0. The van der Waals surface area contributed by atoms with Crippen molar-refractivity contribution in [1.29, 1.82) is 0 Å². The first-order chi connectivity index (χ1) is 9.65. The molecule has 1 aromatic rings. The number of esters is 1. The highest BCUT2D eigenvalue weighted by Gasteiger charge is 2.25. The van der Waals surface area contributed by atoms with Crippen molar-refractivity contribution in [1.82, 2.24) is 0 Å². The molecule has 0 radical (unpaired) electrons. The van der Waals surface area contributed by atoms with Gasteiger partial charge in [-0.15, -0.1) is 0 Å². The third-order valence-corrected chi connectivity index (χ3v) is 3.51. The molecule has 2 N–H and O–H groups in total. The standard InChI is InChI=1S/C15H21NO4/c1-18-13-5-6-14(12-9-10(16)8-11(12)13)20-7-3-4-15(17)19-2/h5-6,10H,3-4,7-9,16H2,1-2H3. The number of hydrogen-bond acceptors (Lipinski definition) is 5. The van der Waals surface area contributed by atoms with E-state index < -0.39 is 0 Å². The number of hydrogen-bond donors (Lipinski definition) is 1. The van der Waals surface area contributed by atoms with Crippen LogP contribution in [-0.4, -0.2) is 32.8 Å². The molecule has 0 spiro atoms. The van der Waals surface area contributed by atoms with E-state index in [0.717, 1.165) is 35.5 Å². The molecule has 110 valence electrons. The van der Waals surface area contributed by atoms with Crippen LogP contribution >= 0.6 is 0 Å². The molecule has 5 heteroatoms. The second-order valence-corrected chi connectivity index (χ2v) is 4.92. The van der Waals surface area contributed by atoms with E-state index in [0.29, 0.717) is 19.4 Å². The Labute approximate surface area is 119 Å². The summed E-state index contributed by atoms with van der Waals surface area (Å²) in [6, 6.07) is 3.94. The predicted octanol–water partition coefficient (Wildman–Crippen LogP) is 1.45. The van der Waals surface area contributed by atoms with E-state index >= 15 is 0 Å². The fourth-order valence-corrected chi connectivity index (χ4v) is 2.52. The molecule has 0 amide bonds. The topological polar surface area (TPSA) is 70.8 Å². The number of nitrogens with two attached hydrogens (primary N) is 1. The van der Waals surface area contributed by atoms with Crippen LogP contribution in [0.4, 0.5) is 0 Å². The molecule has 5 nitrogen and oxygen atoms in total. The molecular formula is C15H21NO4. The average Bonchev–Trinajstić information content (AvgIpc) is 2.84. The van der Waals surface area contributed by atoms with Crippen molar-refractivity contribution in [3.63, 3.8) is 0 Å². The molecule has 1 atom stereocenters. The number of fused-ring (bicyclic) bond motifs is 1. The van der Waals surface area contributed by atoms with Gasteiger partial charge in [0.25, 0.3) is 0 Å². The molecule has 0 bridgehead atoms. The van der Waals surface area contributed by atoms with Crippen LogP contribution in [0.2, 0.25) is 0 Å². The summed E-state index contributed by atoms with van der Waals surface area (Å²) in [5.41, 5.74) is 8.30. The molecule has 2 rings (SSSR count). The normalized spacial score (nSPS) is 16.6. The lowest BCUT2D eigenvalue weighted by molar-refractivity contribution is -0.140. The van der Waals surface area contributed by atoms with Gasteiger partial charge in [0.2, 0.25) is 0 Å². The molecule has 1 unspecified atom stereocenters. The Kier molecular flexibility index (Phi) is 4.84. The Morgan fingerprint density at radius 2 is 1.90 bits per heavy atom. The molecule has 20 heavy (non-hydrogen) atoms. The van der Waals surface area contributed by atoms with Crippen molar-refractivity contribution < 1.29 is 19.0 Å². The van der Waals surface area contributed by atoms with Gasteiger partial charge in [0.1, 0.15) is 11.5 Å². The van der Waals surface area contributed by atoms with Gasteiger partial charge in [-0.25, -0.2) is 0 Å². The second kappa shape index (κ2) is 6.61. The van der Waals surface area contributed by atoms with Crippen molar-refractivity contribution >= 4 is 5.97 Å². The van der Waals surface area contributed by atoms with Crippen molar-refractivity contribution in [3.8, 4) is 11.5 Å². The summed E-state index contributed by atoms with van der Waals surface area (Å²) in [5.74, 6) is 1.50. The maximum Gasteiger partial charge on any atom is 0.305 e. The number of benzene rings is 1. The second-order valence-electron chi connectivity index (χ2n) is 4.92. The number of rotatable bonds is 6. The van der Waals surface area contributed by atoms with Gasteiger partial charge in [-0.05, 0) is 31.4 Å². The minimum atomic E-state index is -0.212. The minimum Gasteiger partial charge on any atom is -0.496 e. The third kappa shape index (κ3) is 3.22. The van der Waals surface area contributed by atoms with Crippen LogP contribution in [0.1, 0.15) is 24.0 Å². The molecule has 0 heterocycles. The molecule has 1 aliphatic carbocycles. The van der Waals surface area contributed by atoms with Gasteiger partial charge in [0.05, 0.1) is 20.8 Å². The van der Waals surface area contributed by atoms with Crippen LogP contribution in [0.25, 0.3) is 0 Å². The number of carbonyl (C=O) groups is 1. The van der Waals surface area contributed by atoms with Gasteiger partial charge < -0.3 is 19.9 Å². The molecule has 0 aromatic heterocycles. The van der Waals surface area contributed by atoms with E-state index in [1.807, 2.05) is 12.1 Å². The molecule has 0 saturated heterocycles. The van der Waals surface area contributed by atoms with Gasteiger partial charge in [-0.2, -0.15) is 0 Å². The summed E-state index contributed by atoms with van der Waals surface area (Å²) in [7, 11) is 3.05. The van der Waals surface area contributed by atoms with Crippen molar-refractivity contribution in [3.05, 3.63) is 23.3 Å². The van der Waals surface area contributed by atoms with Crippen LogP contribution in [0, 0.1) is 0 Å². The van der Waals surface area contributed by atoms with Gasteiger partial charge in [0, 0.05) is 23.6 Å². The lowest BCUT2D eigenvalue weighted by Crippen LogP contribution is -2.19. The van der Waals surface area contributed by atoms with Crippen LogP contribution < -0.4 is 15.2 Å². The van der Waals surface area contributed by atoms with Crippen LogP contribution in [0.15, 0.2) is 12.1 Å². The van der Waals surface area contributed by atoms with Gasteiger partial charge in [-0.1, -0.05) is 0 Å². The highest BCUT2D eigenvalue weighted by Crippen LogP contribution is 2.36. The van der Waals surface area contributed by atoms with E-state index in [1.54, 1.807) is 7.11 Å². The van der Waals surface area contributed by atoms with Crippen LogP contribution in [-0.2, 0) is 22.4 Å². The van der Waals surface area contributed by atoms with Crippen molar-refractivity contribution in [2.75, 3.05) is 20.8 Å². The Morgan fingerprint density at radius 1 is 1.25 bits per heavy atom. The molecule has 1 aromatic carbocycles. The fraction of sp³-hybridized carbons (Fsp3) is 0.533. The quantitative estimate of drug-likeness (QED) is 0.630. The first kappa shape index (κ1) is 14.7. The van der Waals surface area contributed by atoms with Crippen molar-refractivity contribution in [2.24, 2.45) is 5.73 Å². The van der Waals surface area contributed by atoms with E-state index in [-0.39, 0.29) is 12.0 Å². The maximum atomic E-state index is 11.0. The SMILES string of the molecule is COC(=O)CCCOc1ccc(OC)c2c1CC(N)C2. The number of methoxy groups -OCH3 is 2. The highest BCUT2D eigenvalue weighted by atomic mass is 16.5. The van der Waals surface area contributed by atoms with Crippen LogP contribution in [0.5, 0.6) is 11.5 Å². The largest absolute Gasteiger partial charge is 0.496 e. The van der Waals surface area contributed by atoms with Crippen molar-refractivity contribution in [2.45, 2.75) is 31.7 Å². The van der Waals surface area contributed by atoms with Gasteiger partial charge >= 0.3 is 5.97 Å². The van der Waals surface area contributed by atoms with E-state index in [9.17, 15) is 4.79 Å². The lowest BCUT2D eigenvalue weighted by atomic mass is 10.1. The first-order valence-corrected chi connectivity index (χ1v) is 6.79. The van der Waals surface area contributed by atoms with Gasteiger partial charge in [0.15, 0.2) is 0 Å². The average molecular weight is 279 g/mol. The zero-order valence-electron chi connectivity index (χ0n) is 12.0. The maximum absolute atomic E-state index is 11.0. The van der Waals surface area contributed by atoms with E-state index in [4.69, 9.17) is 15.2 Å². The Bertz CT molecular complexity index is 487.